The van der Waals surface area contributed by atoms with Gasteiger partial charge in [-0.15, -0.1) is 10.2 Å². The molecule has 0 saturated heterocycles. The Morgan fingerprint density at radius 3 is 2.74 bits per heavy atom. The Morgan fingerprint density at radius 1 is 1.37 bits per heavy atom. The van der Waals surface area contributed by atoms with Gasteiger partial charge in [0.2, 0.25) is 5.01 Å². The predicted octanol–water partition coefficient (Wildman–Crippen LogP) is 2.82. The van der Waals surface area contributed by atoms with E-state index in [0.717, 1.165) is 23.8 Å². The minimum Gasteiger partial charge on any atom is -0.353 e. The van der Waals surface area contributed by atoms with E-state index >= 15 is 0 Å². The molecule has 2 unspecified atom stereocenters. The minimum absolute atomic E-state index is 0.146. The van der Waals surface area contributed by atoms with Crippen molar-refractivity contribution in [2.24, 2.45) is 11.8 Å². The number of nitrogens with zero attached hydrogens (tertiary/aromatic N) is 2. The number of hydrogen-bond donors (Lipinski definition) is 1. The van der Waals surface area contributed by atoms with Crippen LogP contribution < -0.4 is 5.32 Å². The van der Waals surface area contributed by atoms with Crippen LogP contribution in [0.25, 0.3) is 0 Å². The molecule has 1 aromatic rings. The zero-order valence-corrected chi connectivity index (χ0v) is 12.4. The SMILES string of the molecule is CCC1C=CC(CCc2nnc(C(=O)NC)s2)CC1. The molecule has 0 aromatic carbocycles. The number of carbonyl (C=O) groups excluding carboxylic acids is 1. The Hall–Kier alpha value is -1.23. The van der Waals surface area contributed by atoms with E-state index in [0.29, 0.717) is 10.9 Å². The third-order valence-electron chi connectivity index (χ3n) is 3.71. The third kappa shape index (κ3) is 3.86. The molecule has 0 bridgehead atoms. The molecule has 0 fully saturated rings. The van der Waals surface area contributed by atoms with Crippen LogP contribution in [0.5, 0.6) is 0 Å². The summed E-state index contributed by atoms with van der Waals surface area (Å²) in [6, 6.07) is 0. The monoisotopic (exact) mass is 279 g/mol. The molecule has 0 radical (unpaired) electrons. The van der Waals surface area contributed by atoms with Crippen molar-refractivity contribution in [2.45, 2.75) is 39.0 Å². The lowest BCUT2D eigenvalue weighted by molar-refractivity contribution is 0.0962. The van der Waals surface area contributed by atoms with Gasteiger partial charge in [-0.3, -0.25) is 4.79 Å². The molecule has 104 valence electrons. The maximum atomic E-state index is 11.4. The topological polar surface area (TPSA) is 54.9 Å². The molecule has 19 heavy (non-hydrogen) atoms. The van der Waals surface area contributed by atoms with E-state index in [2.05, 4.69) is 34.6 Å². The van der Waals surface area contributed by atoms with Crippen LogP contribution in [0.15, 0.2) is 12.2 Å². The number of amides is 1. The lowest BCUT2D eigenvalue weighted by Crippen LogP contribution is -2.17. The molecular weight excluding hydrogens is 258 g/mol. The van der Waals surface area contributed by atoms with Gasteiger partial charge in [0.05, 0.1) is 0 Å². The van der Waals surface area contributed by atoms with E-state index in [1.807, 2.05) is 0 Å². The second-order valence-corrected chi connectivity index (χ2v) is 6.07. The van der Waals surface area contributed by atoms with E-state index in [4.69, 9.17) is 0 Å². The number of aryl methyl sites for hydroxylation is 1. The van der Waals surface area contributed by atoms with Crippen LogP contribution in [-0.2, 0) is 6.42 Å². The Balaban J connectivity index is 1.83. The summed E-state index contributed by atoms with van der Waals surface area (Å²) in [5.74, 6) is 1.29. The van der Waals surface area contributed by atoms with Crippen molar-refractivity contribution in [1.82, 2.24) is 15.5 Å². The third-order valence-corrected chi connectivity index (χ3v) is 4.69. The number of nitrogens with one attached hydrogen (secondary N) is 1. The van der Waals surface area contributed by atoms with Crippen molar-refractivity contribution >= 4 is 17.2 Å². The normalized spacial score (nSPS) is 22.4. The molecule has 0 spiro atoms. The summed E-state index contributed by atoms with van der Waals surface area (Å²) < 4.78 is 0. The molecule has 1 heterocycles. The second-order valence-electron chi connectivity index (χ2n) is 5.01. The standard InChI is InChI=1S/C14H21N3OS/c1-3-10-4-6-11(7-5-10)8-9-12-16-17-14(19-12)13(18)15-2/h4,6,10-11H,3,5,7-9H2,1-2H3,(H,15,18). The lowest BCUT2D eigenvalue weighted by Gasteiger charge is -2.21. The van der Waals surface area contributed by atoms with Crippen molar-refractivity contribution in [3.63, 3.8) is 0 Å². The average Bonchev–Trinajstić information content (AvgIpc) is 2.93. The molecule has 5 heteroatoms. The van der Waals surface area contributed by atoms with Gasteiger partial charge in [-0.05, 0) is 37.5 Å². The van der Waals surface area contributed by atoms with Crippen LogP contribution in [-0.4, -0.2) is 23.2 Å². The van der Waals surface area contributed by atoms with Crippen LogP contribution in [0, 0.1) is 11.8 Å². The summed E-state index contributed by atoms with van der Waals surface area (Å²) in [6.45, 7) is 2.25. The van der Waals surface area contributed by atoms with Crippen LogP contribution in [0.1, 0.15) is 47.4 Å². The van der Waals surface area contributed by atoms with Gasteiger partial charge in [-0.25, -0.2) is 0 Å². The number of allylic oxidation sites excluding steroid dienone is 2. The van der Waals surface area contributed by atoms with Gasteiger partial charge in [0.1, 0.15) is 5.01 Å². The Kier molecular flexibility index (Phi) is 5.07. The highest BCUT2D eigenvalue weighted by atomic mass is 32.1. The molecule has 1 amide bonds. The summed E-state index contributed by atoms with van der Waals surface area (Å²) in [6.07, 6.45) is 10.6. The summed E-state index contributed by atoms with van der Waals surface area (Å²) in [5, 5.41) is 12.0. The molecule has 1 N–H and O–H groups in total. The van der Waals surface area contributed by atoms with E-state index in [1.165, 1.54) is 30.6 Å². The first-order valence-corrected chi connectivity index (χ1v) is 7.77. The number of aromatic nitrogens is 2. The van der Waals surface area contributed by atoms with Gasteiger partial charge >= 0.3 is 0 Å². The van der Waals surface area contributed by atoms with E-state index in [9.17, 15) is 4.79 Å². The molecule has 0 saturated carbocycles. The van der Waals surface area contributed by atoms with Crippen LogP contribution >= 0.6 is 11.3 Å². The quantitative estimate of drug-likeness (QED) is 0.843. The number of hydrogen-bond acceptors (Lipinski definition) is 4. The largest absolute Gasteiger partial charge is 0.353 e. The Morgan fingerprint density at radius 2 is 2.11 bits per heavy atom. The van der Waals surface area contributed by atoms with E-state index < -0.39 is 0 Å². The molecule has 2 atom stereocenters. The fourth-order valence-electron chi connectivity index (χ4n) is 2.38. The molecule has 1 aliphatic carbocycles. The first kappa shape index (κ1) is 14.2. The second kappa shape index (κ2) is 6.80. The van der Waals surface area contributed by atoms with Gasteiger partial charge in [-0.2, -0.15) is 0 Å². The maximum absolute atomic E-state index is 11.4. The summed E-state index contributed by atoms with van der Waals surface area (Å²) in [7, 11) is 1.61. The molecule has 0 aliphatic heterocycles. The minimum atomic E-state index is -0.146. The number of carbonyl (C=O) groups is 1. The first-order chi connectivity index (χ1) is 9.22. The summed E-state index contributed by atoms with van der Waals surface area (Å²) >= 11 is 1.40. The van der Waals surface area contributed by atoms with Crippen molar-refractivity contribution in [2.75, 3.05) is 7.05 Å². The fraction of sp³-hybridized carbons (Fsp3) is 0.643. The van der Waals surface area contributed by atoms with Gasteiger partial charge in [0.15, 0.2) is 0 Å². The van der Waals surface area contributed by atoms with Crippen LogP contribution in [0.3, 0.4) is 0 Å². The highest BCUT2D eigenvalue weighted by molar-refractivity contribution is 7.13. The smallest absolute Gasteiger partial charge is 0.282 e. The molecule has 1 aromatic heterocycles. The van der Waals surface area contributed by atoms with Crippen molar-refractivity contribution < 1.29 is 4.79 Å². The molecule has 4 nitrogen and oxygen atoms in total. The molecular formula is C14H21N3OS. The van der Waals surface area contributed by atoms with Crippen LogP contribution in [0.2, 0.25) is 0 Å². The highest BCUT2D eigenvalue weighted by Crippen LogP contribution is 2.27. The number of rotatable bonds is 5. The van der Waals surface area contributed by atoms with Crippen LogP contribution in [0.4, 0.5) is 0 Å². The molecule has 2 rings (SSSR count). The fourth-order valence-corrected chi connectivity index (χ4v) is 3.18. The summed E-state index contributed by atoms with van der Waals surface area (Å²) in [4.78, 5) is 11.4. The van der Waals surface area contributed by atoms with Gasteiger partial charge in [-0.1, -0.05) is 30.4 Å². The van der Waals surface area contributed by atoms with E-state index in [1.54, 1.807) is 7.05 Å². The Labute approximate surface area is 118 Å². The first-order valence-electron chi connectivity index (χ1n) is 6.95. The predicted molar refractivity (Wildman–Crippen MR) is 77.3 cm³/mol. The zero-order valence-electron chi connectivity index (χ0n) is 11.6. The highest BCUT2D eigenvalue weighted by Gasteiger charge is 2.16. The molecule has 1 aliphatic rings. The zero-order chi connectivity index (χ0) is 13.7. The Bertz CT molecular complexity index is 455. The maximum Gasteiger partial charge on any atom is 0.282 e. The van der Waals surface area contributed by atoms with Gasteiger partial charge in [0, 0.05) is 13.5 Å². The average molecular weight is 279 g/mol. The van der Waals surface area contributed by atoms with Gasteiger partial charge in [0.25, 0.3) is 5.91 Å². The summed E-state index contributed by atoms with van der Waals surface area (Å²) in [5.41, 5.74) is 0. The van der Waals surface area contributed by atoms with Crippen molar-refractivity contribution in [3.05, 3.63) is 22.2 Å². The van der Waals surface area contributed by atoms with Crippen molar-refractivity contribution in [3.8, 4) is 0 Å². The van der Waals surface area contributed by atoms with Crippen molar-refractivity contribution in [1.29, 1.82) is 0 Å². The lowest BCUT2D eigenvalue weighted by atomic mass is 9.85. The van der Waals surface area contributed by atoms with E-state index in [-0.39, 0.29) is 5.91 Å². The van der Waals surface area contributed by atoms with Gasteiger partial charge < -0.3 is 5.32 Å².